The zero-order valence-electron chi connectivity index (χ0n) is 10.5. The Labute approximate surface area is 106 Å². The van der Waals surface area contributed by atoms with Crippen LogP contribution >= 0.6 is 0 Å². The lowest BCUT2D eigenvalue weighted by atomic mass is 9.91. The maximum absolute atomic E-state index is 11.6. The van der Waals surface area contributed by atoms with E-state index in [0.29, 0.717) is 6.42 Å². The van der Waals surface area contributed by atoms with Gasteiger partial charge in [-0.2, -0.15) is 0 Å². The van der Waals surface area contributed by atoms with Gasteiger partial charge in [0.2, 0.25) is 0 Å². The quantitative estimate of drug-likeness (QED) is 0.834. The van der Waals surface area contributed by atoms with Crippen molar-refractivity contribution in [1.82, 2.24) is 4.98 Å². The number of pyridine rings is 1. The van der Waals surface area contributed by atoms with Gasteiger partial charge in [0, 0.05) is 24.2 Å². The van der Waals surface area contributed by atoms with E-state index in [0.717, 1.165) is 16.3 Å². The van der Waals surface area contributed by atoms with Crippen molar-refractivity contribution in [3.63, 3.8) is 0 Å². The van der Waals surface area contributed by atoms with E-state index in [2.05, 4.69) is 4.98 Å². The van der Waals surface area contributed by atoms with Crippen LogP contribution in [0.1, 0.15) is 12.5 Å². The molecule has 0 saturated carbocycles. The van der Waals surface area contributed by atoms with Gasteiger partial charge in [0.25, 0.3) is 0 Å². The van der Waals surface area contributed by atoms with Crippen molar-refractivity contribution in [2.75, 3.05) is 7.11 Å². The van der Waals surface area contributed by atoms with Crippen molar-refractivity contribution >= 4 is 16.7 Å². The lowest BCUT2D eigenvalue weighted by Crippen LogP contribution is -2.47. The van der Waals surface area contributed by atoms with E-state index in [-0.39, 0.29) is 0 Å². The third-order valence-electron chi connectivity index (χ3n) is 2.98. The minimum atomic E-state index is -1.02. The van der Waals surface area contributed by atoms with E-state index in [1.807, 2.05) is 24.3 Å². The molecular weight excluding hydrogens is 228 g/mol. The molecule has 2 N–H and O–H groups in total. The van der Waals surface area contributed by atoms with Crippen LogP contribution in [0.4, 0.5) is 0 Å². The topological polar surface area (TPSA) is 65.2 Å². The Morgan fingerprint density at radius 1 is 1.44 bits per heavy atom. The van der Waals surface area contributed by atoms with Gasteiger partial charge < -0.3 is 10.5 Å². The summed E-state index contributed by atoms with van der Waals surface area (Å²) in [6, 6.07) is 7.82. The predicted molar refractivity (Wildman–Crippen MR) is 70.1 cm³/mol. The molecule has 0 aliphatic rings. The van der Waals surface area contributed by atoms with Crippen LogP contribution < -0.4 is 5.73 Å². The molecule has 0 aliphatic heterocycles. The fraction of sp³-hybridized carbons (Fsp3) is 0.286. The number of hydrogen-bond acceptors (Lipinski definition) is 4. The van der Waals surface area contributed by atoms with Crippen LogP contribution in [0, 0.1) is 0 Å². The van der Waals surface area contributed by atoms with Gasteiger partial charge in [-0.3, -0.25) is 9.78 Å². The van der Waals surface area contributed by atoms with Gasteiger partial charge in [-0.25, -0.2) is 0 Å². The first-order valence-electron chi connectivity index (χ1n) is 5.73. The third-order valence-corrected chi connectivity index (χ3v) is 2.98. The molecule has 0 fully saturated rings. The predicted octanol–water partition coefficient (Wildman–Crippen LogP) is 1.67. The number of methoxy groups -OCH3 is 1. The summed E-state index contributed by atoms with van der Waals surface area (Å²) in [6.07, 6.45) is 3.96. The maximum Gasteiger partial charge on any atom is 0.325 e. The molecule has 0 bridgehead atoms. The van der Waals surface area contributed by atoms with Crippen molar-refractivity contribution < 1.29 is 9.53 Å². The van der Waals surface area contributed by atoms with E-state index in [1.54, 1.807) is 19.3 Å². The zero-order chi connectivity index (χ0) is 13.2. The molecule has 0 aliphatic carbocycles. The van der Waals surface area contributed by atoms with Gasteiger partial charge >= 0.3 is 5.97 Å². The van der Waals surface area contributed by atoms with Crippen molar-refractivity contribution in [3.05, 3.63) is 42.2 Å². The van der Waals surface area contributed by atoms with E-state index < -0.39 is 11.5 Å². The molecule has 1 aromatic carbocycles. The minimum Gasteiger partial charge on any atom is -0.468 e. The average molecular weight is 244 g/mol. The van der Waals surface area contributed by atoms with Gasteiger partial charge in [0.1, 0.15) is 5.54 Å². The number of carbonyl (C=O) groups is 1. The molecule has 4 nitrogen and oxygen atoms in total. The van der Waals surface area contributed by atoms with Crippen LogP contribution in [-0.2, 0) is 16.0 Å². The summed E-state index contributed by atoms with van der Waals surface area (Å²) in [7, 11) is 1.35. The summed E-state index contributed by atoms with van der Waals surface area (Å²) in [5.74, 6) is -0.409. The van der Waals surface area contributed by atoms with Gasteiger partial charge in [-0.1, -0.05) is 18.2 Å². The Balaban J connectivity index is 2.41. The molecule has 2 aromatic rings. The highest BCUT2D eigenvalue weighted by Gasteiger charge is 2.30. The van der Waals surface area contributed by atoms with Crippen molar-refractivity contribution in [3.8, 4) is 0 Å². The Morgan fingerprint density at radius 3 is 2.94 bits per heavy atom. The molecule has 1 heterocycles. The van der Waals surface area contributed by atoms with Gasteiger partial charge in [-0.05, 0) is 23.9 Å². The Kier molecular flexibility index (Phi) is 3.30. The minimum absolute atomic E-state index is 0.409. The second-order valence-electron chi connectivity index (χ2n) is 4.60. The molecule has 4 heteroatoms. The fourth-order valence-corrected chi connectivity index (χ4v) is 2.04. The number of aromatic nitrogens is 1. The monoisotopic (exact) mass is 244 g/mol. The standard InChI is InChI=1S/C14H16N2O2/c1-14(15,13(17)18-2)8-10-4-3-5-11-9-16-7-6-12(10)11/h3-7,9H,8,15H2,1-2H3. The molecule has 1 atom stereocenters. The lowest BCUT2D eigenvalue weighted by molar-refractivity contribution is -0.146. The Morgan fingerprint density at radius 2 is 2.22 bits per heavy atom. The normalized spacial score (nSPS) is 14.2. The van der Waals surface area contributed by atoms with Gasteiger partial charge in [0.15, 0.2) is 0 Å². The Hall–Kier alpha value is -1.94. The van der Waals surface area contributed by atoms with Crippen molar-refractivity contribution in [2.45, 2.75) is 18.9 Å². The number of carbonyl (C=O) groups excluding carboxylic acids is 1. The molecule has 1 unspecified atom stereocenters. The summed E-state index contributed by atoms with van der Waals surface area (Å²) < 4.78 is 4.72. The molecule has 0 radical (unpaired) electrons. The molecule has 2 rings (SSSR count). The van der Waals surface area contributed by atoms with Crippen molar-refractivity contribution in [1.29, 1.82) is 0 Å². The lowest BCUT2D eigenvalue weighted by Gasteiger charge is -2.22. The number of hydrogen-bond donors (Lipinski definition) is 1. The van der Waals surface area contributed by atoms with Crippen molar-refractivity contribution in [2.24, 2.45) is 5.73 Å². The van der Waals surface area contributed by atoms with Gasteiger partial charge in [-0.15, -0.1) is 0 Å². The van der Waals surface area contributed by atoms with Crippen LogP contribution in [0.15, 0.2) is 36.7 Å². The average Bonchev–Trinajstić information content (AvgIpc) is 2.38. The molecule has 18 heavy (non-hydrogen) atoms. The highest BCUT2D eigenvalue weighted by atomic mass is 16.5. The first-order chi connectivity index (χ1) is 8.54. The van der Waals surface area contributed by atoms with E-state index in [4.69, 9.17) is 10.5 Å². The first-order valence-corrected chi connectivity index (χ1v) is 5.73. The molecule has 0 spiro atoms. The summed E-state index contributed by atoms with van der Waals surface area (Å²) in [5.41, 5.74) is 6.00. The smallest absolute Gasteiger partial charge is 0.325 e. The highest BCUT2D eigenvalue weighted by Crippen LogP contribution is 2.21. The van der Waals surface area contributed by atoms with Crippen LogP contribution in [0.5, 0.6) is 0 Å². The number of nitrogens with two attached hydrogens (primary N) is 1. The molecular formula is C14H16N2O2. The van der Waals surface area contributed by atoms with E-state index >= 15 is 0 Å². The number of benzene rings is 1. The maximum atomic E-state index is 11.6. The summed E-state index contributed by atoms with van der Waals surface area (Å²) in [5, 5.41) is 2.10. The number of esters is 1. The Bertz CT molecular complexity index is 574. The number of nitrogens with zero attached hydrogens (tertiary/aromatic N) is 1. The molecule has 94 valence electrons. The molecule has 0 amide bonds. The summed E-state index contributed by atoms with van der Waals surface area (Å²) >= 11 is 0. The number of ether oxygens (including phenoxy) is 1. The van der Waals surface area contributed by atoms with Gasteiger partial charge in [0.05, 0.1) is 7.11 Å². The van der Waals surface area contributed by atoms with Crippen LogP contribution in [0.25, 0.3) is 10.8 Å². The first kappa shape index (κ1) is 12.5. The van der Waals surface area contributed by atoms with Crippen LogP contribution in [-0.4, -0.2) is 23.6 Å². The number of rotatable bonds is 3. The highest BCUT2D eigenvalue weighted by molar-refractivity contribution is 5.86. The second kappa shape index (κ2) is 4.74. The van der Waals surface area contributed by atoms with Crippen LogP contribution in [0.3, 0.4) is 0 Å². The van der Waals surface area contributed by atoms with Crippen LogP contribution in [0.2, 0.25) is 0 Å². The second-order valence-corrected chi connectivity index (χ2v) is 4.60. The third kappa shape index (κ3) is 2.33. The largest absolute Gasteiger partial charge is 0.468 e. The fourth-order valence-electron chi connectivity index (χ4n) is 2.04. The summed E-state index contributed by atoms with van der Waals surface area (Å²) in [4.78, 5) is 15.7. The zero-order valence-corrected chi connectivity index (χ0v) is 10.5. The molecule has 0 saturated heterocycles. The SMILES string of the molecule is COC(=O)C(C)(N)Cc1cccc2cnccc12. The molecule has 1 aromatic heterocycles. The summed E-state index contributed by atoms with van der Waals surface area (Å²) in [6.45, 7) is 1.68. The number of fused-ring (bicyclic) bond motifs is 1. The van der Waals surface area contributed by atoms with E-state index in [1.165, 1.54) is 7.11 Å². The van der Waals surface area contributed by atoms with E-state index in [9.17, 15) is 4.79 Å².